The molecule has 3 nitrogen and oxygen atoms in total. The summed E-state index contributed by atoms with van der Waals surface area (Å²) in [6.07, 6.45) is -9.96. The van der Waals surface area contributed by atoms with Gasteiger partial charge in [0.1, 0.15) is 0 Å². The number of halogens is 10. The van der Waals surface area contributed by atoms with E-state index < -0.39 is 41.4 Å². The third-order valence-electron chi connectivity index (χ3n) is 3.46. The van der Waals surface area contributed by atoms with Crippen molar-refractivity contribution in [3.63, 3.8) is 0 Å². The molecule has 0 fully saturated rings. The minimum absolute atomic E-state index is 0.0560. The topological polar surface area (TPSA) is 63.3 Å². The SMILES string of the molecule is NCc1c(Cl)cc(Cl)cc1C(F)(F)F.O=C(O)Cc1c(Cl)cc(Cl)cc1C(F)(F)F. The number of carboxylic acid groups (broad SMARTS) is 1. The van der Waals surface area contributed by atoms with Gasteiger partial charge >= 0.3 is 18.3 Å². The van der Waals surface area contributed by atoms with Gasteiger partial charge in [0.2, 0.25) is 0 Å². The smallest absolute Gasteiger partial charge is 0.416 e. The number of alkyl halides is 6. The van der Waals surface area contributed by atoms with Gasteiger partial charge in [-0.1, -0.05) is 46.4 Å². The number of rotatable bonds is 3. The molecule has 2 rings (SSSR count). The molecule has 0 aliphatic heterocycles. The summed E-state index contributed by atoms with van der Waals surface area (Å²) < 4.78 is 74.9. The molecule has 30 heavy (non-hydrogen) atoms. The zero-order valence-corrected chi connectivity index (χ0v) is 17.5. The van der Waals surface area contributed by atoms with Crippen LogP contribution in [-0.4, -0.2) is 11.1 Å². The second-order valence-corrected chi connectivity index (χ2v) is 7.28. The first-order chi connectivity index (χ1) is 13.6. The average Bonchev–Trinajstić information content (AvgIpc) is 2.55. The Labute approximate surface area is 186 Å². The maximum absolute atomic E-state index is 12.5. The fraction of sp³-hybridized carbons (Fsp3) is 0.235. The third-order valence-corrected chi connectivity index (χ3v) is 4.57. The minimum Gasteiger partial charge on any atom is -0.481 e. The van der Waals surface area contributed by atoms with Crippen LogP contribution in [0.4, 0.5) is 26.3 Å². The van der Waals surface area contributed by atoms with Crippen molar-refractivity contribution >= 4 is 52.4 Å². The number of hydrogen-bond acceptors (Lipinski definition) is 2. The zero-order chi connectivity index (χ0) is 23.4. The standard InChI is InChI=1S/C9H5Cl2F3O2.C8H6Cl2F3N/c10-4-1-6(9(12,13)14)5(3-8(15)16)7(11)2-4;9-4-1-6(8(11,12)13)5(3-14)7(10)2-4/h1-2H,3H2,(H,15,16);1-2H,3,14H2. The summed E-state index contributed by atoms with van der Waals surface area (Å²) >= 11 is 22.0. The van der Waals surface area contributed by atoms with Crippen LogP contribution in [0.1, 0.15) is 22.3 Å². The van der Waals surface area contributed by atoms with Gasteiger partial charge in [-0.3, -0.25) is 4.79 Å². The van der Waals surface area contributed by atoms with Crippen molar-refractivity contribution < 1.29 is 36.2 Å². The highest BCUT2D eigenvalue weighted by Crippen LogP contribution is 2.38. The third kappa shape index (κ3) is 7.39. The van der Waals surface area contributed by atoms with E-state index in [0.29, 0.717) is 6.07 Å². The molecule has 0 radical (unpaired) electrons. The number of carbonyl (C=O) groups is 1. The fourth-order valence-corrected chi connectivity index (χ4v) is 3.38. The summed E-state index contributed by atoms with van der Waals surface area (Å²) in [7, 11) is 0. The Hall–Kier alpha value is -1.39. The highest BCUT2D eigenvalue weighted by molar-refractivity contribution is 6.35. The van der Waals surface area contributed by atoms with E-state index in [4.69, 9.17) is 57.2 Å². The Morgan fingerprint density at radius 2 is 1.17 bits per heavy atom. The summed E-state index contributed by atoms with van der Waals surface area (Å²) in [5.41, 5.74) is 2.56. The van der Waals surface area contributed by atoms with Crippen LogP contribution in [0.25, 0.3) is 0 Å². The summed E-state index contributed by atoms with van der Waals surface area (Å²) in [6.45, 7) is -0.273. The summed E-state index contributed by atoms with van der Waals surface area (Å²) in [5.74, 6) is -1.39. The van der Waals surface area contributed by atoms with Gasteiger partial charge in [0.05, 0.1) is 17.5 Å². The van der Waals surface area contributed by atoms with Gasteiger partial charge in [0.15, 0.2) is 0 Å². The Morgan fingerprint density at radius 3 is 1.50 bits per heavy atom. The monoisotopic (exact) mass is 515 g/mol. The lowest BCUT2D eigenvalue weighted by Gasteiger charge is -2.13. The fourth-order valence-electron chi connectivity index (χ4n) is 2.25. The maximum Gasteiger partial charge on any atom is 0.416 e. The predicted octanol–water partition coefficient (Wildman–Crippen LogP) is 7.11. The normalized spacial score (nSPS) is 11.7. The summed E-state index contributed by atoms with van der Waals surface area (Å²) in [4.78, 5) is 10.4. The van der Waals surface area contributed by atoms with E-state index in [9.17, 15) is 31.1 Å². The Balaban J connectivity index is 0.000000303. The van der Waals surface area contributed by atoms with E-state index in [1.807, 2.05) is 0 Å². The van der Waals surface area contributed by atoms with Gasteiger partial charge in [0, 0.05) is 26.6 Å². The Morgan fingerprint density at radius 1 is 0.800 bits per heavy atom. The molecule has 2 aromatic rings. The van der Waals surface area contributed by atoms with E-state index in [1.54, 1.807) is 0 Å². The second kappa shape index (κ2) is 10.3. The molecular weight excluding hydrogens is 506 g/mol. The molecular formula is C17H11Cl4F6NO2. The van der Waals surface area contributed by atoms with Gasteiger partial charge < -0.3 is 10.8 Å². The molecule has 0 bridgehead atoms. The molecule has 0 aliphatic rings. The maximum atomic E-state index is 12.5. The van der Waals surface area contributed by atoms with Crippen LogP contribution in [-0.2, 0) is 30.1 Å². The second-order valence-electron chi connectivity index (χ2n) is 5.60. The number of nitrogens with two attached hydrogens (primary N) is 1. The minimum atomic E-state index is -4.68. The van der Waals surface area contributed by atoms with Gasteiger partial charge in [-0.15, -0.1) is 0 Å². The summed E-state index contributed by atoms with van der Waals surface area (Å²) in [5, 5.41) is 7.88. The largest absolute Gasteiger partial charge is 0.481 e. The lowest BCUT2D eigenvalue weighted by atomic mass is 10.0. The first-order valence-corrected chi connectivity index (χ1v) is 9.11. The molecule has 166 valence electrons. The molecule has 2 aromatic carbocycles. The van der Waals surface area contributed by atoms with Crippen molar-refractivity contribution in [1.82, 2.24) is 0 Å². The number of hydrogen-bond donors (Lipinski definition) is 2. The van der Waals surface area contributed by atoms with Crippen molar-refractivity contribution in [2.45, 2.75) is 25.3 Å². The van der Waals surface area contributed by atoms with E-state index >= 15 is 0 Å². The van der Waals surface area contributed by atoms with Crippen molar-refractivity contribution in [3.8, 4) is 0 Å². The predicted molar refractivity (Wildman–Crippen MR) is 102 cm³/mol. The van der Waals surface area contributed by atoms with Crippen LogP contribution in [0, 0.1) is 0 Å². The average molecular weight is 517 g/mol. The lowest BCUT2D eigenvalue weighted by molar-refractivity contribution is -0.140. The number of benzene rings is 2. The molecule has 0 aliphatic carbocycles. The van der Waals surface area contributed by atoms with Crippen molar-refractivity contribution in [1.29, 1.82) is 0 Å². The molecule has 0 heterocycles. The highest BCUT2D eigenvalue weighted by atomic mass is 35.5. The molecule has 0 amide bonds. The molecule has 0 atom stereocenters. The Kier molecular flexibility index (Phi) is 9.13. The molecule has 0 spiro atoms. The van der Waals surface area contributed by atoms with Gasteiger partial charge in [0.25, 0.3) is 0 Å². The van der Waals surface area contributed by atoms with Gasteiger partial charge in [-0.25, -0.2) is 0 Å². The van der Waals surface area contributed by atoms with Crippen molar-refractivity contribution in [2.75, 3.05) is 0 Å². The first kappa shape index (κ1) is 26.6. The van der Waals surface area contributed by atoms with Gasteiger partial charge in [-0.05, 0) is 35.4 Å². The van der Waals surface area contributed by atoms with Gasteiger partial charge in [-0.2, -0.15) is 26.3 Å². The molecule has 0 unspecified atom stereocenters. The molecule has 13 heteroatoms. The molecule has 0 saturated heterocycles. The van der Waals surface area contributed by atoms with Crippen LogP contribution in [0.2, 0.25) is 20.1 Å². The van der Waals surface area contributed by atoms with Crippen LogP contribution in [0.3, 0.4) is 0 Å². The molecule has 0 aromatic heterocycles. The summed E-state index contributed by atoms with van der Waals surface area (Å²) in [6, 6.07) is 3.79. The quantitative estimate of drug-likeness (QED) is 0.427. The van der Waals surface area contributed by atoms with Crippen molar-refractivity contribution in [2.24, 2.45) is 5.73 Å². The Bertz CT molecular complexity index is 932. The molecule has 3 N–H and O–H groups in total. The van der Waals surface area contributed by atoms with Crippen LogP contribution < -0.4 is 5.73 Å². The number of carboxylic acids is 1. The zero-order valence-electron chi connectivity index (χ0n) is 14.4. The van der Waals surface area contributed by atoms with E-state index in [-0.39, 0.29) is 32.2 Å². The van der Waals surface area contributed by atoms with E-state index in [2.05, 4.69) is 0 Å². The van der Waals surface area contributed by atoms with Crippen molar-refractivity contribution in [3.05, 3.63) is 66.6 Å². The van der Waals surface area contributed by atoms with E-state index in [1.165, 1.54) is 6.07 Å². The highest BCUT2D eigenvalue weighted by Gasteiger charge is 2.35. The van der Waals surface area contributed by atoms with Crippen LogP contribution in [0.5, 0.6) is 0 Å². The van der Waals surface area contributed by atoms with E-state index in [0.717, 1.165) is 12.1 Å². The molecule has 0 saturated carbocycles. The first-order valence-electron chi connectivity index (χ1n) is 7.60. The lowest BCUT2D eigenvalue weighted by Crippen LogP contribution is -2.13. The van der Waals surface area contributed by atoms with Crippen LogP contribution in [0.15, 0.2) is 24.3 Å². The van der Waals surface area contributed by atoms with Crippen LogP contribution >= 0.6 is 46.4 Å². The number of aliphatic carboxylic acids is 1.